The van der Waals surface area contributed by atoms with Gasteiger partial charge in [-0.05, 0) is 30.9 Å². The number of nitrogens with one attached hydrogen (secondary N) is 1. The average Bonchev–Trinajstić information content (AvgIpc) is 2.65. The van der Waals surface area contributed by atoms with Gasteiger partial charge in [-0.1, -0.05) is 52.2 Å². The van der Waals surface area contributed by atoms with Gasteiger partial charge in [-0.2, -0.15) is 0 Å². The van der Waals surface area contributed by atoms with E-state index in [0.717, 1.165) is 19.3 Å². The van der Waals surface area contributed by atoms with Crippen molar-refractivity contribution in [3.8, 4) is 0 Å². The van der Waals surface area contributed by atoms with E-state index in [-0.39, 0.29) is 17.4 Å². The summed E-state index contributed by atoms with van der Waals surface area (Å²) in [5, 5.41) is 2.71. The Bertz CT molecular complexity index is 450. The van der Waals surface area contributed by atoms with Crippen LogP contribution in [0, 0.1) is 5.92 Å². The molecule has 136 valence electrons. The van der Waals surface area contributed by atoms with Gasteiger partial charge >= 0.3 is 0 Å². The molecule has 0 unspecified atom stereocenters. The van der Waals surface area contributed by atoms with Crippen LogP contribution in [0.3, 0.4) is 0 Å². The van der Waals surface area contributed by atoms with Crippen LogP contribution in [0.4, 0.5) is 0 Å². The normalized spacial score (nSPS) is 24.8. The van der Waals surface area contributed by atoms with Crippen LogP contribution in [-0.4, -0.2) is 41.9 Å². The van der Waals surface area contributed by atoms with Gasteiger partial charge in [0.25, 0.3) is 0 Å². The molecule has 2 atom stereocenters. The van der Waals surface area contributed by atoms with Gasteiger partial charge in [0.15, 0.2) is 0 Å². The molecule has 1 aliphatic rings. The molecule has 0 aromatic heterocycles. The zero-order chi connectivity index (χ0) is 18.0. The molecule has 2 amide bonds. The van der Waals surface area contributed by atoms with Crippen LogP contribution in [0.5, 0.6) is 0 Å². The Hall–Kier alpha value is -1.62. The van der Waals surface area contributed by atoms with E-state index in [1.165, 1.54) is 37.8 Å². The topological polar surface area (TPSA) is 75.4 Å². The standard InChI is InChI=1S/C19H33N3O2/c1-4-17(23)21-13-14-22(18(24)5-2)15-19(20)12-10-8-6-7-9-11-16(19)3/h4-5,16H,1-2,6-15,20H2,3H3,(H,21,23)/t16-,19+/m1/s1. The number of carbonyl (C=O) groups is 2. The first-order chi connectivity index (χ1) is 11.4. The molecule has 0 aliphatic heterocycles. The van der Waals surface area contributed by atoms with Gasteiger partial charge in [0.1, 0.15) is 0 Å². The monoisotopic (exact) mass is 335 g/mol. The van der Waals surface area contributed by atoms with Crippen molar-refractivity contribution in [2.45, 2.75) is 57.4 Å². The fraction of sp³-hybridized carbons (Fsp3) is 0.684. The third-order valence-corrected chi connectivity index (χ3v) is 5.10. The first-order valence-electron chi connectivity index (χ1n) is 9.03. The van der Waals surface area contributed by atoms with Gasteiger partial charge in [0.05, 0.1) is 0 Å². The minimum absolute atomic E-state index is 0.139. The summed E-state index contributed by atoms with van der Waals surface area (Å²) in [6.45, 7) is 10.5. The summed E-state index contributed by atoms with van der Waals surface area (Å²) in [4.78, 5) is 25.2. The van der Waals surface area contributed by atoms with Crippen molar-refractivity contribution < 1.29 is 9.59 Å². The average molecular weight is 335 g/mol. The molecule has 1 saturated carbocycles. The van der Waals surface area contributed by atoms with E-state index in [0.29, 0.717) is 25.6 Å². The predicted octanol–water partition coefficient (Wildman–Crippen LogP) is 2.38. The van der Waals surface area contributed by atoms with E-state index in [4.69, 9.17) is 5.73 Å². The molecule has 0 spiro atoms. The van der Waals surface area contributed by atoms with Crippen molar-refractivity contribution in [1.29, 1.82) is 0 Å². The number of amides is 2. The molecule has 24 heavy (non-hydrogen) atoms. The van der Waals surface area contributed by atoms with Gasteiger partial charge in [-0.15, -0.1) is 0 Å². The molecular formula is C19H33N3O2. The Morgan fingerprint density at radius 1 is 1.21 bits per heavy atom. The minimum atomic E-state index is -0.383. The maximum absolute atomic E-state index is 12.2. The first-order valence-corrected chi connectivity index (χ1v) is 9.03. The lowest BCUT2D eigenvalue weighted by Crippen LogP contribution is -2.56. The predicted molar refractivity (Wildman–Crippen MR) is 98.4 cm³/mol. The molecule has 5 heteroatoms. The van der Waals surface area contributed by atoms with Crippen LogP contribution in [0.2, 0.25) is 0 Å². The van der Waals surface area contributed by atoms with E-state index in [1.807, 2.05) is 0 Å². The van der Waals surface area contributed by atoms with E-state index in [1.54, 1.807) is 4.90 Å². The highest BCUT2D eigenvalue weighted by atomic mass is 16.2. The first kappa shape index (κ1) is 20.4. The lowest BCUT2D eigenvalue weighted by Gasteiger charge is -2.40. The Morgan fingerprint density at radius 2 is 1.88 bits per heavy atom. The van der Waals surface area contributed by atoms with Crippen LogP contribution in [0.15, 0.2) is 25.3 Å². The summed E-state index contributed by atoms with van der Waals surface area (Å²) in [6, 6.07) is 0. The second-order valence-electron chi connectivity index (χ2n) is 6.90. The number of carbonyl (C=O) groups excluding carboxylic acids is 2. The molecule has 3 N–H and O–H groups in total. The summed E-state index contributed by atoms with van der Waals surface area (Å²) >= 11 is 0. The number of nitrogens with zero attached hydrogens (tertiary/aromatic N) is 1. The maximum Gasteiger partial charge on any atom is 0.246 e. The summed E-state index contributed by atoms with van der Waals surface area (Å²) in [5.41, 5.74) is 6.38. The number of hydrogen-bond donors (Lipinski definition) is 2. The second kappa shape index (κ2) is 10.3. The SMILES string of the molecule is C=CC(=O)NCCN(C[C@@]1(N)CCCCCCC[C@H]1C)C(=O)C=C. The molecule has 0 aromatic rings. The lowest BCUT2D eigenvalue weighted by atomic mass is 9.79. The Morgan fingerprint density at radius 3 is 2.54 bits per heavy atom. The fourth-order valence-electron chi connectivity index (χ4n) is 3.34. The van der Waals surface area contributed by atoms with Crippen LogP contribution >= 0.6 is 0 Å². The highest BCUT2D eigenvalue weighted by molar-refractivity contribution is 5.88. The van der Waals surface area contributed by atoms with E-state index >= 15 is 0 Å². The molecular weight excluding hydrogens is 302 g/mol. The van der Waals surface area contributed by atoms with Crippen LogP contribution in [0.25, 0.3) is 0 Å². The highest BCUT2D eigenvalue weighted by Crippen LogP contribution is 2.29. The Kier molecular flexibility index (Phi) is 8.76. The van der Waals surface area contributed by atoms with Gasteiger partial charge in [-0.3, -0.25) is 9.59 Å². The molecule has 5 nitrogen and oxygen atoms in total. The summed E-state index contributed by atoms with van der Waals surface area (Å²) in [7, 11) is 0. The zero-order valence-electron chi connectivity index (χ0n) is 15.1. The molecule has 1 rings (SSSR count). The molecule has 0 saturated heterocycles. The maximum atomic E-state index is 12.2. The quantitative estimate of drug-likeness (QED) is 0.701. The van der Waals surface area contributed by atoms with Crippen LogP contribution in [-0.2, 0) is 9.59 Å². The second-order valence-corrected chi connectivity index (χ2v) is 6.90. The minimum Gasteiger partial charge on any atom is -0.351 e. The third-order valence-electron chi connectivity index (χ3n) is 5.10. The van der Waals surface area contributed by atoms with Crippen LogP contribution < -0.4 is 11.1 Å². The van der Waals surface area contributed by atoms with Gasteiger partial charge in [0, 0.05) is 25.2 Å². The Balaban J connectivity index is 2.76. The van der Waals surface area contributed by atoms with Crippen molar-refractivity contribution in [2.75, 3.05) is 19.6 Å². The molecule has 0 heterocycles. The van der Waals surface area contributed by atoms with E-state index in [2.05, 4.69) is 25.4 Å². The zero-order valence-corrected chi connectivity index (χ0v) is 15.1. The molecule has 0 aromatic carbocycles. The van der Waals surface area contributed by atoms with Gasteiger partial charge < -0.3 is 16.0 Å². The largest absolute Gasteiger partial charge is 0.351 e. The summed E-state index contributed by atoms with van der Waals surface area (Å²) in [5.74, 6) is -0.0162. The van der Waals surface area contributed by atoms with Crippen molar-refractivity contribution >= 4 is 11.8 Å². The van der Waals surface area contributed by atoms with Crippen molar-refractivity contribution in [1.82, 2.24) is 10.2 Å². The third kappa shape index (κ3) is 6.48. The summed E-state index contributed by atoms with van der Waals surface area (Å²) in [6.07, 6.45) is 10.6. The van der Waals surface area contributed by atoms with Gasteiger partial charge in [-0.25, -0.2) is 0 Å². The number of rotatable bonds is 7. The number of nitrogens with two attached hydrogens (primary N) is 1. The lowest BCUT2D eigenvalue weighted by molar-refractivity contribution is -0.127. The fourth-order valence-corrected chi connectivity index (χ4v) is 3.34. The molecule has 1 fully saturated rings. The van der Waals surface area contributed by atoms with E-state index < -0.39 is 0 Å². The van der Waals surface area contributed by atoms with Crippen molar-refractivity contribution in [3.05, 3.63) is 25.3 Å². The highest BCUT2D eigenvalue weighted by Gasteiger charge is 2.34. The summed E-state index contributed by atoms with van der Waals surface area (Å²) < 4.78 is 0. The number of hydrogen-bond acceptors (Lipinski definition) is 3. The Labute approximate surface area is 146 Å². The van der Waals surface area contributed by atoms with E-state index in [9.17, 15) is 9.59 Å². The van der Waals surface area contributed by atoms with Gasteiger partial charge in [0.2, 0.25) is 11.8 Å². The van der Waals surface area contributed by atoms with Crippen molar-refractivity contribution in [2.24, 2.45) is 11.7 Å². The molecule has 0 bridgehead atoms. The smallest absolute Gasteiger partial charge is 0.246 e. The van der Waals surface area contributed by atoms with Crippen LogP contribution in [0.1, 0.15) is 51.9 Å². The van der Waals surface area contributed by atoms with Crippen molar-refractivity contribution in [3.63, 3.8) is 0 Å². The molecule has 0 radical (unpaired) electrons. The molecule has 1 aliphatic carbocycles.